The van der Waals surface area contributed by atoms with Gasteiger partial charge in [-0.15, -0.1) is 0 Å². The smallest absolute Gasteiger partial charge is 0.254 e. The van der Waals surface area contributed by atoms with E-state index in [0.717, 1.165) is 24.1 Å². The first-order chi connectivity index (χ1) is 6.74. The molecule has 14 heavy (non-hydrogen) atoms. The van der Waals surface area contributed by atoms with Crippen molar-refractivity contribution in [3.8, 4) is 0 Å². The third kappa shape index (κ3) is 1.31. The lowest BCUT2D eigenvalue weighted by atomic mass is 10.1. The fourth-order valence-corrected chi connectivity index (χ4v) is 1.85. The first-order valence-electron chi connectivity index (χ1n) is 5.13. The summed E-state index contributed by atoms with van der Waals surface area (Å²) in [5, 5.41) is 0. The van der Waals surface area contributed by atoms with Crippen molar-refractivity contribution in [1.29, 1.82) is 0 Å². The van der Waals surface area contributed by atoms with Crippen LogP contribution in [0.3, 0.4) is 0 Å². The van der Waals surface area contributed by atoms with Crippen molar-refractivity contribution in [3.63, 3.8) is 0 Å². The second kappa shape index (κ2) is 3.45. The van der Waals surface area contributed by atoms with Crippen molar-refractivity contribution in [2.24, 2.45) is 0 Å². The number of rotatable bonds is 2. The summed E-state index contributed by atoms with van der Waals surface area (Å²) in [7, 11) is 0. The molecule has 1 heterocycles. The third-order valence-electron chi connectivity index (χ3n) is 2.97. The van der Waals surface area contributed by atoms with Gasteiger partial charge >= 0.3 is 0 Å². The predicted octanol–water partition coefficient (Wildman–Crippen LogP) is 2.44. The van der Waals surface area contributed by atoms with Crippen LogP contribution in [0.25, 0.3) is 0 Å². The first-order valence-corrected chi connectivity index (χ1v) is 5.13. The SMILES string of the molecule is CC[C@H](C)N1Cc2ccccc2C1=O. The van der Waals surface area contributed by atoms with Gasteiger partial charge in [0.05, 0.1) is 0 Å². The zero-order valence-corrected chi connectivity index (χ0v) is 8.66. The van der Waals surface area contributed by atoms with E-state index in [4.69, 9.17) is 0 Å². The number of benzene rings is 1. The molecule has 1 aromatic rings. The van der Waals surface area contributed by atoms with Crippen molar-refractivity contribution < 1.29 is 4.79 Å². The van der Waals surface area contributed by atoms with Gasteiger partial charge in [-0.05, 0) is 25.0 Å². The van der Waals surface area contributed by atoms with Gasteiger partial charge in [0.2, 0.25) is 0 Å². The summed E-state index contributed by atoms with van der Waals surface area (Å²) >= 11 is 0. The minimum atomic E-state index is 0.190. The summed E-state index contributed by atoms with van der Waals surface area (Å²) in [6.45, 7) is 4.99. The monoisotopic (exact) mass is 189 g/mol. The lowest BCUT2D eigenvalue weighted by Crippen LogP contribution is -2.32. The molecular formula is C12H15NO. The Morgan fingerprint density at radius 1 is 1.43 bits per heavy atom. The average molecular weight is 189 g/mol. The number of carbonyl (C=O) groups is 1. The molecule has 1 atom stereocenters. The summed E-state index contributed by atoms with van der Waals surface area (Å²) in [5.41, 5.74) is 2.05. The summed E-state index contributed by atoms with van der Waals surface area (Å²) in [6.07, 6.45) is 1.01. The average Bonchev–Trinajstić information content (AvgIpc) is 2.56. The normalized spacial score (nSPS) is 17.0. The molecule has 0 bridgehead atoms. The van der Waals surface area contributed by atoms with Crippen molar-refractivity contribution in [2.45, 2.75) is 32.9 Å². The molecule has 0 saturated carbocycles. The van der Waals surface area contributed by atoms with Crippen LogP contribution in [-0.4, -0.2) is 16.8 Å². The molecule has 1 amide bonds. The zero-order valence-electron chi connectivity index (χ0n) is 8.66. The van der Waals surface area contributed by atoms with Gasteiger partial charge in [-0.2, -0.15) is 0 Å². The minimum Gasteiger partial charge on any atom is -0.332 e. The molecular weight excluding hydrogens is 174 g/mol. The highest BCUT2D eigenvalue weighted by Gasteiger charge is 2.29. The van der Waals surface area contributed by atoms with E-state index in [0.29, 0.717) is 6.04 Å². The van der Waals surface area contributed by atoms with Gasteiger partial charge in [-0.1, -0.05) is 25.1 Å². The second-order valence-electron chi connectivity index (χ2n) is 3.85. The number of carbonyl (C=O) groups excluding carboxylic acids is 1. The maximum absolute atomic E-state index is 11.9. The van der Waals surface area contributed by atoms with E-state index in [9.17, 15) is 4.79 Å². The highest BCUT2D eigenvalue weighted by atomic mass is 16.2. The molecule has 0 aliphatic carbocycles. The predicted molar refractivity (Wildman–Crippen MR) is 56.1 cm³/mol. The number of fused-ring (bicyclic) bond motifs is 1. The van der Waals surface area contributed by atoms with Gasteiger partial charge in [0, 0.05) is 18.2 Å². The van der Waals surface area contributed by atoms with Crippen LogP contribution in [0, 0.1) is 0 Å². The second-order valence-corrected chi connectivity index (χ2v) is 3.85. The molecule has 0 radical (unpaired) electrons. The number of nitrogens with zero attached hydrogens (tertiary/aromatic N) is 1. The Morgan fingerprint density at radius 2 is 2.14 bits per heavy atom. The van der Waals surface area contributed by atoms with Gasteiger partial charge < -0.3 is 4.90 Å². The van der Waals surface area contributed by atoms with Crippen LogP contribution in [-0.2, 0) is 6.54 Å². The van der Waals surface area contributed by atoms with E-state index < -0.39 is 0 Å². The van der Waals surface area contributed by atoms with E-state index in [1.165, 1.54) is 0 Å². The standard InChI is InChI=1S/C12H15NO/c1-3-9(2)13-8-10-6-4-5-7-11(10)12(13)14/h4-7,9H,3,8H2,1-2H3/t9-/m0/s1. The largest absolute Gasteiger partial charge is 0.332 e. The number of hydrogen-bond acceptors (Lipinski definition) is 1. The zero-order chi connectivity index (χ0) is 10.1. The molecule has 1 aromatic carbocycles. The molecule has 1 aliphatic rings. The summed E-state index contributed by atoms with van der Waals surface area (Å²) in [4.78, 5) is 13.9. The Balaban J connectivity index is 2.30. The van der Waals surface area contributed by atoms with Crippen molar-refractivity contribution in [1.82, 2.24) is 4.90 Å². The van der Waals surface area contributed by atoms with Crippen LogP contribution in [0.2, 0.25) is 0 Å². The first kappa shape index (κ1) is 9.25. The molecule has 2 heteroatoms. The fraction of sp³-hybridized carbons (Fsp3) is 0.417. The van der Waals surface area contributed by atoms with Gasteiger partial charge in [-0.25, -0.2) is 0 Å². The van der Waals surface area contributed by atoms with Gasteiger partial charge in [0.15, 0.2) is 0 Å². The molecule has 0 fully saturated rings. The Bertz CT molecular complexity index is 359. The van der Waals surface area contributed by atoms with E-state index in [-0.39, 0.29) is 5.91 Å². The van der Waals surface area contributed by atoms with Crippen LogP contribution in [0.5, 0.6) is 0 Å². The molecule has 0 spiro atoms. The molecule has 2 nitrogen and oxygen atoms in total. The Hall–Kier alpha value is -1.31. The highest BCUT2D eigenvalue weighted by Crippen LogP contribution is 2.24. The molecule has 0 aromatic heterocycles. The Kier molecular flexibility index (Phi) is 2.28. The lowest BCUT2D eigenvalue weighted by molar-refractivity contribution is 0.0713. The molecule has 2 rings (SSSR count). The maximum atomic E-state index is 11.9. The Morgan fingerprint density at radius 3 is 2.79 bits per heavy atom. The van der Waals surface area contributed by atoms with Crippen LogP contribution in [0.4, 0.5) is 0 Å². The summed E-state index contributed by atoms with van der Waals surface area (Å²) < 4.78 is 0. The molecule has 74 valence electrons. The Labute approximate surface area is 84.5 Å². The van der Waals surface area contributed by atoms with Crippen molar-refractivity contribution >= 4 is 5.91 Å². The highest BCUT2D eigenvalue weighted by molar-refractivity contribution is 5.98. The van der Waals surface area contributed by atoms with Crippen molar-refractivity contribution in [2.75, 3.05) is 0 Å². The van der Waals surface area contributed by atoms with Crippen LogP contribution in [0.15, 0.2) is 24.3 Å². The van der Waals surface area contributed by atoms with E-state index >= 15 is 0 Å². The lowest BCUT2D eigenvalue weighted by Gasteiger charge is -2.22. The minimum absolute atomic E-state index is 0.190. The quantitative estimate of drug-likeness (QED) is 0.699. The molecule has 0 unspecified atom stereocenters. The maximum Gasteiger partial charge on any atom is 0.254 e. The fourth-order valence-electron chi connectivity index (χ4n) is 1.85. The van der Waals surface area contributed by atoms with Gasteiger partial charge in [0.1, 0.15) is 0 Å². The summed E-state index contributed by atoms with van der Waals surface area (Å²) in [5.74, 6) is 0.190. The van der Waals surface area contributed by atoms with E-state index in [1.54, 1.807) is 0 Å². The molecule has 0 N–H and O–H groups in total. The van der Waals surface area contributed by atoms with Crippen LogP contribution in [0.1, 0.15) is 36.2 Å². The van der Waals surface area contributed by atoms with Crippen LogP contribution < -0.4 is 0 Å². The summed E-state index contributed by atoms with van der Waals surface area (Å²) in [6, 6.07) is 8.22. The topological polar surface area (TPSA) is 20.3 Å². The van der Waals surface area contributed by atoms with Gasteiger partial charge in [-0.3, -0.25) is 4.79 Å². The van der Waals surface area contributed by atoms with Gasteiger partial charge in [0.25, 0.3) is 5.91 Å². The van der Waals surface area contributed by atoms with Crippen LogP contribution >= 0.6 is 0 Å². The van der Waals surface area contributed by atoms with E-state index in [1.807, 2.05) is 29.2 Å². The number of amides is 1. The molecule has 0 saturated heterocycles. The molecule has 1 aliphatic heterocycles. The third-order valence-corrected chi connectivity index (χ3v) is 2.97. The van der Waals surface area contributed by atoms with E-state index in [2.05, 4.69) is 13.8 Å². The number of hydrogen-bond donors (Lipinski definition) is 0. The van der Waals surface area contributed by atoms with Crippen molar-refractivity contribution in [3.05, 3.63) is 35.4 Å².